The fourth-order valence-electron chi connectivity index (χ4n) is 1.72. The van der Waals surface area contributed by atoms with Gasteiger partial charge in [-0.25, -0.2) is 0 Å². The van der Waals surface area contributed by atoms with Gasteiger partial charge in [-0.1, -0.05) is 26.3 Å². The predicted octanol–water partition coefficient (Wildman–Crippen LogP) is 3.30. The van der Waals surface area contributed by atoms with Crippen LogP contribution in [0, 0.1) is 12.8 Å². The zero-order valence-electron chi connectivity index (χ0n) is 10.0. The standard InChI is InChI=1S/C13H20O2/c1-5-9(2)8-11-6-7-12(14)13(15-4)10(11)3/h6-7,9,14H,5,8H2,1-4H3. The Balaban J connectivity index is 2.99. The molecule has 2 heteroatoms. The quantitative estimate of drug-likeness (QED) is 0.822. The molecule has 1 atom stereocenters. The van der Waals surface area contributed by atoms with Crippen molar-refractivity contribution >= 4 is 0 Å². The van der Waals surface area contributed by atoms with Gasteiger partial charge in [0.1, 0.15) is 0 Å². The number of hydrogen-bond acceptors (Lipinski definition) is 2. The van der Waals surface area contributed by atoms with Gasteiger partial charge >= 0.3 is 0 Å². The molecule has 1 rings (SSSR count). The molecule has 0 amide bonds. The Morgan fingerprint density at radius 1 is 1.40 bits per heavy atom. The topological polar surface area (TPSA) is 29.5 Å². The first kappa shape index (κ1) is 11.9. The van der Waals surface area contributed by atoms with Crippen molar-refractivity contribution in [3.63, 3.8) is 0 Å². The minimum absolute atomic E-state index is 0.225. The van der Waals surface area contributed by atoms with Crippen LogP contribution in [0.5, 0.6) is 11.5 Å². The van der Waals surface area contributed by atoms with E-state index in [1.807, 2.05) is 13.0 Å². The van der Waals surface area contributed by atoms with E-state index in [1.54, 1.807) is 13.2 Å². The molecule has 1 aromatic rings. The third kappa shape index (κ3) is 2.65. The number of phenolic OH excluding ortho intramolecular Hbond substituents is 1. The molecule has 84 valence electrons. The second-order valence-electron chi connectivity index (χ2n) is 4.12. The van der Waals surface area contributed by atoms with Gasteiger partial charge < -0.3 is 9.84 Å². The van der Waals surface area contributed by atoms with Crippen LogP contribution in [-0.4, -0.2) is 12.2 Å². The Labute approximate surface area is 91.9 Å². The zero-order valence-corrected chi connectivity index (χ0v) is 10.0. The molecule has 15 heavy (non-hydrogen) atoms. The highest BCUT2D eigenvalue weighted by Crippen LogP contribution is 2.32. The summed E-state index contributed by atoms with van der Waals surface area (Å²) in [6.07, 6.45) is 2.21. The fraction of sp³-hybridized carbons (Fsp3) is 0.538. The average molecular weight is 208 g/mol. The van der Waals surface area contributed by atoms with Gasteiger partial charge in [0.15, 0.2) is 11.5 Å². The normalized spacial score (nSPS) is 12.5. The summed E-state index contributed by atoms with van der Waals surface area (Å²) in [5, 5.41) is 9.58. The lowest BCUT2D eigenvalue weighted by Crippen LogP contribution is -2.01. The highest BCUT2D eigenvalue weighted by Gasteiger charge is 2.11. The van der Waals surface area contributed by atoms with E-state index in [0.29, 0.717) is 11.7 Å². The lowest BCUT2D eigenvalue weighted by atomic mass is 9.95. The number of rotatable bonds is 4. The number of methoxy groups -OCH3 is 1. The van der Waals surface area contributed by atoms with Crippen LogP contribution in [0.15, 0.2) is 12.1 Å². The van der Waals surface area contributed by atoms with Gasteiger partial charge in [0.05, 0.1) is 7.11 Å². The summed E-state index contributed by atoms with van der Waals surface area (Å²) >= 11 is 0. The Hall–Kier alpha value is -1.18. The van der Waals surface area contributed by atoms with Gasteiger partial charge in [0.25, 0.3) is 0 Å². The van der Waals surface area contributed by atoms with Gasteiger partial charge in [0, 0.05) is 0 Å². The van der Waals surface area contributed by atoms with Gasteiger partial charge in [-0.15, -0.1) is 0 Å². The highest BCUT2D eigenvalue weighted by molar-refractivity contribution is 5.49. The van der Waals surface area contributed by atoms with E-state index in [0.717, 1.165) is 12.0 Å². The minimum Gasteiger partial charge on any atom is -0.504 e. The Bertz CT molecular complexity index is 332. The van der Waals surface area contributed by atoms with Crippen molar-refractivity contribution in [1.82, 2.24) is 0 Å². The van der Waals surface area contributed by atoms with E-state index >= 15 is 0 Å². The van der Waals surface area contributed by atoms with Crippen LogP contribution >= 0.6 is 0 Å². The summed E-state index contributed by atoms with van der Waals surface area (Å²) in [5.74, 6) is 1.50. The second kappa shape index (κ2) is 5.06. The van der Waals surface area contributed by atoms with E-state index in [4.69, 9.17) is 4.74 Å². The van der Waals surface area contributed by atoms with Crippen LogP contribution in [0.2, 0.25) is 0 Å². The van der Waals surface area contributed by atoms with E-state index in [-0.39, 0.29) is 5.75 Å². The fourth-order valence-corrected chi connectivity index (χ4v) is 1.72. The molecule has 1 N–H and O–H groups in total. The zero-order chi connectivity index (χ0) is 11.4. The molecule has 2 nitrogen and oxygen atoms in total. The van der Waals surface area contributed by atoms with Gasteiger partial charge in [-0.2, -0.15) is 0 Å². The van der Waals surface area contributed by atoms with Crippen molar-refractivity contribution in [3.8, 4) is 11.5 Å². The maximum atomic E-state index is 9.58. The summed E-state index contributed by atoms with van der Waals surface area (Å²) in [6.45, 7) is 6.42. The SMILES string of the molecule is CCC(C)Cc1ccc(O)c(OC)c1C. The van der Waals surface area contributed by atoms with Crippen molar-refractivity contribution < 1.29 is 9.84 Å². The molecule has 1 aromatic carbocycles. The van der Waals surface area contributed by atoms with Crippen LogP contribution in [-0.2, 0) is 6.42 Å². The number of ether oxygens (including phenoxy) is 1. The number of aromatic hydroxyl groups is 1. The molecule has 0 fully saturated rings. The number of benzene rings is 1. The smallest absolute Gasteiger partial charge is 0.163 e. The molecule has 0 radical (unpaired) electrons. The molecule has 0 bridgehead atoms. The third-order valence-corrected chi connectivity index (χ3v) is 2.97. The molecule has 0 aliphatic heterocycles. The second-order valence-corrected chi connectivity index (χ2v) is 4.12. The minimum atomic E-state index is 0.225. The molecule has 0 saturated carbocycles. The molecular formula is C13H20O2. The summed E-state index contributed by atoms with van der Waals surface area (Å²) < 4.78 is 5.18. The van der Waals surface area contributed by atoms with Crippen molar-refractivity contribution in [2.75, 3.05) is 7.11 Å². The van der Waals surface area contributed by atoms with E-state index in [9.17, 15) is 5.11 Å². The van der Waals surface area contributed by atoms with E-state index < -0.39 is 0 Å². The Morgan fingerprint density at radius 3 is 2.60 bits per heavy atom. The van der Waals surface area contributed by atoms with Crippen LogP contribution in [0.1, 0.15) is 31.4 Å². The van der Waals surface area contributed by atoms with Crippen molar-refractivity contribution in [1.29, 1.82) is 0 Å². The lowest BCUT2D eigenvalue weighted by Gasteiger charge is -2.14. The maximum Gasteiger partial charge on any atom is 0.163 e. The van der Waals surface area contributed by atoms with Crippen LogP contribution < -0.4 is 4.74 Å². The summed E-state index contributed by atoms with van der Waals surface area (Å²) in [6, 6.07) is 3.70. The van der Waals surface area contributed by atoms with Crippen molar-refractivity contribution in [2.45, 2.75) is 33.6 Å². The lowest BCUT2D eigenvalue weighted by molar-refractivity contribution is 0.369. The van der Waals surface area contributed by atoms with Crippen LogP contribution in [0.3, 0.4) is 0 Å². The summed E-state index contributed by atoms with van der Waals surface area (Å²) in [7, 11) is 1.59. The first-order valence-electron chi connectivity index (χ1n) is 5.45. The average Bonchev–Trinajstić information content (AvgIpc) is 2.23. The first-order valence-corrected chi connectivity index (χ1v) is 5.45. The highest BCUT2D eigenvalue weighted by atomic mass is 16.5. The Morgan fingerprint density at radius 2 is 2.07 bits per heavy atom. The first-order chi connectivity index (χ1) is 7.10. The number of hydrogen-bond donors (Lipinski definition) is 1. The third-order valence-electron chi connectivity index (χ3n) is 2.97. The molecular weight excluding hydrogens is 188 g/mol. The molecule has 0 aromatic heterocycles. The number of phenols is 1. The van der Waals surface area contributed by atoms with Crippen molar-refractivity contribution in [3.05, 3.63) is 23.3 Å². The van der Waals surface area contributed by atoms with Crippen molar-refractivity contribution in [2.24, 2.45) is 5.92 Å². The van der Waals surface area contributed by atoms with Gasteiger partial charge in [0.2, 0.25) is 0 Å². The molecule has 0 spiro atoms. The van der Waals surface area contributed by atoms with Gasteiger partial charge in [-0.3, -0.25) is 0 Å². The molecule has 0 aliphatic carbocycles. The monoisotopic (exact) mass is 208 g/mol. The summed E-state index contributed by atoms with van der Waals surface area (Å²) in [4.78, 5) is 0. The van der Waals surface area contributed by atoms with Crippen LogP contribution in [0.25, 0.3) is 0 Å². The van der Waals surface area contributed by atoms with E-state index in [2.05, 4.69) is 13.8 Å². The molecule has 1 unspecified atom stereocenters. The largest absolute Gasteiger partial charge is 0.504 e. The molecule has 0 aliphatic rings. The maximum absolute atomic E-state index is 9.58. The van der Waals surface area contributed by atoms with Gasteiger partial charge in [-0.05, 0) is 36.5 Å². The predicted molar refractivity (Wildman–Crippen MR) is 62.6 cm³/mol. The van der Waals surface area contributed by atoms with E-state index in [1.165, 1.54) is 12.0 Å². The molecule has 0 saturated heterocycles. The summed E-state index contributed by atoms with van der Waals surface area (Å²) in [5.41, 5.74) is 2.32. The molecule has 0 heterocycles. The van der Waals surface area contributed by atoms with Crippen LogP contribution in [0.4, 0.5) is 0 Å². The Kier molecular flexibility index (Phi) is 4.01.